The SMILES string of the molecule is CCCCCCCCCCCCCCCCCCOC(=O)CCCCCCCCCCCCCCCCCN1C(CCCCCCCCCCCCCCCCC(=O)O)=NCC1C. The Kier molecular flexibility index (Phi) is 45.6. The Morgan fingerprint density at radius 3 is 1.16 bits per heavy atom. The molecule has 1 aliphatic heterocycles. The minimum absolute atomic E-state index is 0.0233. The lowest BCUT2D eigenvalue weighted by atomic mass is 10.0. The smallest absolute Gasteiger partial charge is 0.305 e. The van der Waals surface area contributed by atoms with Crippen LogP contribution in [-0.4, -0.2) is 53.5 Å². The quantitative estimate of drug-likeness (QED) is 0.0486. The van der Waals surface area contributed by atoms with Gasteiger partial charge < -0.3 is 14.7 Å². The number of carboxylic acids is 1. The van der Waals surface area contributed by atoms with Crippen LogP contribution in [0.15, 0.2) is 4.99 Å². The van der Waals surface area contributed by atoms with Crippen LogP contribution in [0.5, 0.6) is 0 Å². The van der Waals surface area contributed by atoms with Crippen molar-refractivity contribution >= 4 is 17.8 Å². The van der Waals surface area contributed by atoms with Gasteiger partial charge in [0.25, 0.3) is 0 Å². The van der Waals surface area contributed by atoms with Crippen LogP contribution in [0.25, 0.3) is 0 Å². The van der Waals surface area contributed by atoms with E-state index < -0.39 is 5.97 Å². The van der Waals surface area contributed by atoms with E-state index >= 15 is 0 Å². The number of carbonyl (C=O) groups is 2. The predicted octanol–water partition coefficient (Wildman–Crippen LogP) is 18.5. The molecule has 0 radical (unpaired) electrons. The van der Waals surface area contributed by atoms with E-state index in [1.54, 1.807) is 0 Å². The van der Waals surface area contributed by atoms with E-state index in [0.29, 0.717) is 25.5 Å². The van der Waals surface area contributed by atoms with Crippen LogP contribution in [0.4, 0.5) is 0 Å². The van der Waals surface area contributed by atoms with Gasteiger partial charge in [0.15, 0.2) is 0 Å². The van der Waals surface area contributed by atoms with Crippen molar-refractivity contribution in [3.63, 3.8) is 0 Å². The first-order chi connectivity index (χ1) is 31.0. The van der Waals surface area contributed by atoms with E-state index in [0.717, 1.165) is 32.2 Å². The molecule has 0 saturated heterocycles. The topological polar surface area (TPSA) is 79.2 Å². The first-order valence-corrected chi connectivity index (χ1v) is 28.7. The van der Waals surface area contributed by atoms with Crippen molar-refractivity contribution in [2.75, 3.05) is 19.7 Å². The fourth-order valence-corrected chi connectivity index (χ4v) is 9.69. The summed E-state index contributed by atoms with van der Waals surface area (Å²) in [6.45, 7) is 7.48. The van der Waals surface area contributed by atoms with Crippen molar-refractivity contribution in [1.82, 2.24) is 4.90 Å². The van der Waals surface area contributed by atoms with Crippen molar-refractivity contribution in [1.29, 1.82) is 0 Å². The lowest BCUT2D eigenvalue weighted by molar-refractivity contribution is -0.144. The highest BCUT2D eigenvalue weighted by Crippen LogP contribution is 2.20. The number of nitrogens with zero attached hydrogens (tertiary/aromatic N) is 2. The zero-order chi connectivity index (χ0) is 45.4. The van der Waals surface area contributed by atoms with Crippen LogP contribution in [0.2, 0.25) is 0 Å². The van der Waals surface area contributed by atoms with Gasteiger partial charge in [-0.05, 0) is 39.0 Å². The second-order valence-corrected chi connectivity index (χ2v) is 20.2. The summed E-state index contributed by atoms with van der Waals surface area (Å²) in [4.78, 5) is 30.2. The number of amidine groups is 1. The van der Waals surface area contributed by atoms with Crippen LogP contribution in [0.1, 0.15) is 322 Å². The summed E-state index contributed by atoms with van der Waals surface area (Å²) >= 11 is 0. The van der Waals surface area contributed by atoms with Gasteiger partial charge in [0.1, 0.15) is 0 Å². The number of hydrogen-bond acceptors (Lipinski definition) is 5. The third-order valence-electron chi connectivity index (χ3n) is 14.0. The summed E-state index contributed by atoms with van der Waals surface area (Å²) in [7, 11) is 0. The third kappa shape index (κ3) is 42.8. The average molecular weight is 888 g/mol. The van der Waals surface area contributed by atoms with E-state index in [-0.39, 0.29) is 5.97 Å². The Hall–Kier alpha value is -1.59. The van der Waals surface area contributed by atoms with Gasteiger partial charge >= 0.3 is 11.9 Å². The molecule has 0 spiro atoms. The molecule has 1 atom stereocenters. The Bertz CT molecular complexity index is 1000. The van der Waals surface area contributed by atoms with Gasteiger partial charge in [-0.25, -0.2) is 0 Å². The largest absolute Gasteiger partial charge is 0.481 e. The third-order valence-corrected chi connectivity index (χ3v) is 14.0. The summed E-state index contributed by atoms with van der Waals surface area (Å²) in [6, 6.07) is 0.593. The first-order valence-electron chi connectivity index (χ1n) is 28.7. The molecule has 6 nitrogen and oxygen atoms in total. The van der Waals surface area contributed by atoms with Crippen LogP contribution >= 0.6 is 0 Å². The molecule has 0 bridgehead atoms. The fourth-order valence-electron chi connectivity index (χ4n) is 9.69. The minimum Gasteiger partial charge on any atom is -0.481 e. The number of aliphatic carboxylic acids is 1. The number of rotatable bonds is 52. The van der Waals surface area contributed by atoms with Crippen molar-refractivity contribution in [2.24, 2.45) is 4.99 Å². The molecule has 1 heterocycles. The van der Waals surface area contributed by atoms with Crippen molar-refractivity contribution in [3.8, 4) is 0 Å². The molecular weight excluding hydrogens is 777 g/mol. The maximum atomic E-state index is 12.1. The molecule has 1 rings (SSSR count). The molecule has 0 aliphatic carbocycles. The molecular formula is C57H110N2O4. The Labute approximate surface area is 393 Å². The van der Waals surface area contributed by atoms with E-state index in [1.165, 1.54) is 282 Å². The van der Waals surface area contributed by atoms with Crippen LogP contribution in [0, 0.1) is 0 Å². The zero-order valence-electron chi connectivity index (χ0n) is 42.7. The minimum atomic E-state index is -0.656. The highest BCUT2D eigenvalue weighted by molar-refractivity contribution is 5.84. The summed E-state index contributed by atoms with van der Waals surface area (Å²) in [5.74, 6) is 0.768. The number of ether oxygens (including phenoxy) is 1. The zero-order valence-corrected chi connectivity index (χ0v) is 42.7. The Morgan fingerprint density at radius 1 is 0.460 bits per heavy atom. The lowest BCUT2D eigenvalue weighted by Gasteiger charge is -2.25. The molecule has 0 amide bonds. The first kappa shape index (κ1) is 59.4. The fraction of sp³-hybridized carbons (Fsp3) is 0.947. The van der Waals surface area contributed by atoms with Crippen molar-refractivity contribution in [3.05, 3.63) is 0 Å². The Balaban J connectivity index is 1.77. The summed E-state index contributed by atoms with van der Waals surface area (Å²) in [6.07, 6.45) is 62.0. The van der Waals surface area contributed by atoms with Crippen LogP contribution < -0.4 is 0 Å². The molecule has 0 aromatic heterocycles. The monoisotopic (exact) mass is 887 g/mol. The number of carbonyl (C=O) groups excluding carboxylic acids is 1. The van der Waals surface area contributed by atoms with Gasteiger partial charge in [0, 0.05) is 31.8 Å². The van der Waals surface area contributed by atoms with Crippen LogP contribution in [0.3, 0.4) is 0 Å². The summed E-state index contributed by atoms with van der Waals surface area (Å²) in [5, 5.41) is 8.70. The van der Waals surface area contributed by atoms with Crippen LogP contribution in [-0.2, 0) is 14.3 Å². The number of hydrogen-bond donors (Lipinski definition) is 1. The number of carboxylic acid groups (broad SMARTS) is 1. The van der Waals surface area contributed by atoms with E-state index in [4.69, 9.17) is 14.8 Å². The molecule has 0 fully saturated rings. The molecule has 0 aromatic carbocycles. The average Bonchev–Trinajstić information content (AvgIpc) is 3.63. The van der Waals surface area contributed by atoms with Crippen molar-refractivity contribution in [2.45, 2.75) is 328 Å². The molecule has 0 saturated carbocycles. The highest BCUT2D eigenvalue weighted by atomic mass is 16.5. The maximum Gasteiger partial charge on any atom is 0.305 e. The molecule has 1 aliphatic rings. The van der Waals surface area contributed by atoms with E-state index in [1.807, 2.05) is 0 Å². The molecule has 63 heavy (non-hydrogen) atoms. The Morgan fingerprint density at radius 2 is 0.778 bits per heavy atom. The normalized spacial score (nSPS) is 13.9. The number of esters is 1. The number of aliphatic imine (C=N–C) groups is 1. The molecule has 1 unspecified atom stereocenters. The predicted molar refractivity (Wildman–Crippen MR) is 274 cm³/mol. The van der Waals surface area contributed by atoms with Gasteiger partial charge in [0.2, 0.25) is 0 Å². The molecule has 1 N–H and O–H groups in total. The lowest BCUT2D eigenvalue weighted by Crippen LogP contribution is -2.35. The van der Waals surface area contributed by atoms with Crippen molar-refractivity contribution < 1.29 is 19.4 Å². The molecule has 0 aromatic rings. The second-order valence-electron chi connectivity index (χ2n) is 20.2. The maximum absolute atomic E-state index is 12.1. The van der Waals surface area contributed by atoms with Gasteiger partial charge in [0.05, 0.1) is 19.0 Å². The summed E-state index contributed by atoms with van der Waals surface area (Å²) < 4.78 is 5.50. The van der Waals surface area contributed by atoms with Gasteiger partial charge in [-0.2, -0.15) is 0 Å². The standard InChI is InChI=1S/C57H110N2O4/c1-3-4-5-6-7-8-9-10-11-17-22-27-32-37-42-47-52-63-57(62)50-45-40-35-30-25-20-13-12-16-21-26-31-36-41-46-51-59-54(2)53-58-55(59)48-43-38-33-28-23-18-14-15-19-24-29-34-39-44-49-56(60)61/h54H,3-53H2,1-2H3,(H,60,61). The van der Waals surface area contributed by atoms with Gasteiger partial charge in [-0.3, -0.25) is 14.6 Å². The molecule has 6 heteroatoms. The second kappa shape index (κ2) is 48.3. The van der Waals surface area contributed by atoms with Gasteiger partial charge in [-0.15, -0.1) is 0 Å². The highest BCUT2D eigenvalue weighted by Gasteiger charge is 2.22. The van der Waals surface area contributed by atoms with Gasteiger partial charge in [-0.1, -0.05) is 264 Å². The molecule has 372 valence electrons. The number of unbranched alkanes of at least 4 members (excludes halogenated alkanes) is 42. The summed E-state index contributed by atoms with van der Waals surface area (Å²) in [5.41, 5.74) is 0. The van der Waals surface area contributed by atoms with E-state index in [2.05, 4.69) is 18.7 Å². The van der Waals surface area contributed by atoms with E-state index in [9.17, 15) is 9.59 Å².